The second-order valence-electron chi connectivity index (χ2n) is 5.54. The topological polar surface area (TPSA) is 65.8 Å². The molecule has 0 radical (unpaired) electrons. The molecule has 4 nitrogen and oxygen atoms in total. The Balaban J connectivity index is 1.68. The largest absolute Gasteiger partial charge is 0.326 e. The Hall–Kier alpha value is -2.68. The quantitative estimate of drug-likeness (QED) is 0.718. The lowest BCUT2D eigenvalue weighted by Gasteiger charge is -2.05. The Labute approximate surface area is 154 Å². The number of aromatic nitrogens is 1. The first kappa shape index (κ1) is 17.2. The molecule has 124 valence electrons. The van der Waals surface area contributed by atoms with Crippen LogP contribution in [0, 0.1) is 18.3 Å². The van der Waals surface area contributed by atoms with Crippen LogP contribution in [-0.4, -0.2) is 10.9 Å². The van der Waals surface area contributed by atoms with Crippen LogP contribution in [0.25, 0.3) is 10.6 Å². The van der Waals surface area contributed by atoms with Crippen molar-refractivity contribution >= 4 is 34.5 Å². The molecule has 0 aliphatic carbocycles. The molecular formula is C19H14ClN3OS. The van der Waals surface area contributed by atoms with E-state index >= 15 is 0 Å². The number of nitrogens with one attached hydrogen (secondary N) is 1. The Morgan fingerprint density at radius 3 is 2.88 bits per heavy atom. The first-order valence-corrected chi connectivity index (χ1v) is 8.82. The summed E-state index contributed by atoms with van der Waals surface area (Å²) in [6.07, 6.45) is 0.180. The molecule has 3 rings (SSSR count). The van der Waals surface area contributed by atoms with Crippen molar-refractivity contribution in [3.05, 3.63) is 69.7 Å². The van der Waals surface area contributed by atoms with Crippen molar-refractivity contribution in [2.45, 2.75) is 13.3 Å². The van der Waals surface area contributed by atoms with Gasteiger partial charge in [0, 0.05) is 16.6 Å². The molecule has 2 aromatic carbocycles. The molecular weight excluding hydrogens is 354 g/mol. The smallest absolute Gasteiger partial charge is 0.230 e. The van der Waals surface area contributed by atoms with Crippen LogP contribution in [0.4, 0.5) is 5.69 Å². The zero-order chi connectivity index (χ0) is 17.8. The summed E-state index contributed by atoms with van der Waals surface area (Å²) in [4.78, 5) is 16.7. The van der Waals surface area contributed by atoms with Crippen molar-refractivity contribution in [1.82, 2.24) is 4.98 Å². The molecule has 1 aromatic heterocycles. The Morgan fingerprint density at radius 1 is 1.32 bits per heavy atom. The summed E-state index contributed by atoms with van der Waals surface area (Å²) in [7, 11) is 0. The van der Waals surface area contributed by atoms with Crippen molar-refractivity contribution in [2.75, 3.05) is 5.32 Å². The van der Waals surface area contributed by atoms with Gasteiger partial charge in [0.2, 0.25) is 5.91 Å². The van der Waals surface area contributed by atoms with E-state index in [0.29, 0.717) is 16.3 Å². The minimum absolute atomic E-state index is 0.179. The number of hydrogen-bond acceptors (Lipinski definition) is 4. The van der Waals surface area contributed by atoms with E-state index in [-0.39, 0.29) is 12.3 Å². The number of amides is 1. The van der Waals surface area contributed by atoms with E-state index in [1.54, 1.807) is 18.2 Å². The number of thiazole rings is 1. The number of halogens is 1. The highest BCUT2D eigenvalue weighted by Crippen LogP contribution is 2.25. The SMILES string of the molecule is Cc1cccc(-c2nc(CC(=O)Nc3ccc(C#N)c(Cl)c3)cs2)c1. The number of carbonyl (C=O) groups excluding carboxylic acids is 1. The predicted molar refractivity (Wildman–Crippen MR) is 101 cm³/mol. The van der Waals surface area contributed by atoms with Crippen LogP contribution in [-0.2, 0) is 11.2 Å². The zero-order valence-corrected chi connectivity index (χ0v) is 15.0. The van der Waals surface area contributed by atoms with Crippen LogP contribution in [0.3, 0.4) is 0 Å². The van der Waals surface area contributed by atoms with Crippen molar-refractivity contribution < 1.29 is 4.79 Å². The van der Waals surface area contributed by atoms with Crippen LogP contribution in [0.15, 0.2) is 47.8 Å². The molecule has 3 aromatic rings. The van der Waals surface area contributed by atoms with E-state index in [0.717, 1.165) is 16.3 Å². The van der Waals surface area contributed by atoms with E-state index in [9.17, 15) is 4.79 Å². The van der Waals surface area contributed by atoms with Gasteiger partial charge in [-0.2, -0.15) is 5.26 Å². The maximum atomic E-state index is 12.2. The number of anilines is 1. The molecule has 0 atom stereocenters. The van der Waals surface area contributed by atoms with Gasteiger partial charge in [-0.1, -0.05) is 35.4 Å². The molecule has 0 saturated carbocycles. The second kappa shape index (κ2) is 7.47. The third kappa shape index (κ3) is 4.24. The molecule has 6 heteroatoms. The normalized spacial score (nSPS) is 10.3. The fraction of sp³-hybridized carbons (Fsp3) is 0.105. The number of hydrogen-bond donors (Lipinski definition) is 1. The predicted octanol–water partition coefficient (Wildman–Crippen LogP) is 4.82. The van der Waals surface area contributed by atoms with E-state index in [1.807, 2.05) is 36.6 Å². The summed E-state index contributed by atoms with van der Waals surface area (Å²) in [6.45, 7) is 2.04. The van der Waals surface area contributed by atoms with Gasteiger partial charge in [0.25, 0.3) is 0 Å². The highest BCUT2D eigenvalue weighted by molar-refractivity contribution is 7.13. The van der Waals surface area contributed by atoms with Crippen LogP contribution >= 0.6 is 22.9 Å². The van der Waals surface area contributed by atoms with Gasteiger partial charge < -0.3 is 5.32 Å². The third-order valence-corrected chi connectivity index (χ3v) is 4.78. The van der Waals surface area contributed by atoms with Gasteiger partial charge in [-0.15, -0.1) is 11.3 Å². The zero-order valence-electron chi connectivity index (χ0n) is 13.4. The number of nitrogens with zero attached hydrogens (tertiary/aromatic N) is 2. The van der Waals surface area contributed by atoms with Crippen molar-refractivity contribution in [3.63, 3.8) is 0 Å². The molecule has 0 aliphatic heterocycles. The monoisotopic (exact) mass is 367 g/mol. The van der Waals surface area contributed by atoms with E-state index < -0.39 is 0 Å². The van der Waals surface area contributed by atoms with Crippen LogP contribution in [0.1, 0.15) is 16.8 Å². The third-order valence-electron chi connectivity index (χ3n) is 3.53. The Morgan fingerprint density at radius 2 is 2.16 bits per heavy atom. The molecule has 0 fully saturated rings. The molecule has 1 heterocycles. The number of benzene rings is 2. The number of rotatable bonds is 4. The maximum Gasteiger partial charge on any atom is 0.230 e. The highest BCUT2D eigenvalue weighted by atomic mass is 35.5. The Kier molecular flexibility index (Phi) is 5.13. The number of carbonyl (C=O) groups is 1. The standard InChI is InChI=1S/C19H14ClN3OS/c1-12-3-2-4-13(7-12)19-23-16(11-25-19)9-18(24)22-15-6-5-14(10-21)17(20)8-15/h2-8,11H,9H2,1H3,(H,22,24). The fourth-order valence-electron chi connectivity index (χ4n) is 2.35. The van der Waals surface area contributed by atoms with Gasteiger partial charge in [0.05, 0.1) is 22.7 Å². The lowest BCUT2D eigenvalue weighted by Crippen LogP contribution is -2.14. The van der Waals surface area contributed by atoms with E-state index in [4.69, 9.17) is 16.9 Å². The average molecular weight is 368 g/mol. The molecule has 1 amide bonds. The molecule has 0 spiro atoms. The molecule has 0 unspecified atom stereocenters. The summed E-state index contributed by atoms with van der Waals surface area (Å²) >= 11 is 7.49. The first-order valence-electron chi connectivity index (χ1n) is 7.56. The maximum absolute atomic E-state index is 12.2. The van der Waals surface area contributed by atoms with Crippen LogP contribution in [0.2, 0.25) is 5.02 Å². The lowest BCUT2D eigenvalue weighted by atomic mass is 10.1. The fourth-order valence-corrected chi connectivity index (χ4v) is 3.39. The van der Waals surface area contributed by atoms with Gasteiger partial charge in [0.1, 0.15) is 11.1 Å². The summed E-state index contributed by atoms with van der Waals surface area (Å²) in [6, 6.07) is 14.9. The first-order chi connectivity index (χ1) is 12.0. The van der Waals surface area contributed by atoms with Crippen molar-refractivity contribution in [2.24, 2.45) is 0 Å². The Bertz CT molecular complexity index is 975. The van der Waals surface area contributed by atoms with Crippen molar-refractivity contribution in [3.8, 4) is 16.6 Å². The van der Waals surface area contributed by atoms with E-state index in [1.165, 1.54) is 16.9 Å². The number of aryl methyl sites for hydroxylation is 1. The number of nitriles is 1. The lowest BCUT2D eigenvalue weighted by molar-refractivity contribution is -0.115. The minimum Gasteiger partial charge on any atom is -0.326 e. The summed E-state index contributed by atoms with van der Waals surface area (Å²) in [5, 5.41) is 14.7. The summed E-state index contributed by atoms with van der Waals surface area (Å²) in [5.74, 6) is -0.179. The molecule has 0 saturated heterocycles. The summed E-state index contributed by atoms with van der Waals surface area (Å²) in [5.41, 5.74) is 3.88. The van der Waals surface area contributed by atoms with E-state index in [2.05, 4.69) is 16.4 Å². The molecule has 25 heavy (non-hydrogen) atoms. The van der Waals surface area contributed by atoms with Gasteiger partial charge >= 0.3 is 0 Å². The van der Waals surface area contributed by atoms with Gasteiger partial charge in [-0.3, -0.25) is 4.79 Å². The van der Waals surface area contributed by atoms with Gasteiger partial charge in [-0.25, -0.2) is 4.98 Å². The molecule has 0 aliphatic rings. The van der Waals surface area contributed by atoms with Gasteiger partial charge in [0.15, 0.2) is 0 Å². The van der Waals surface area contributed by atoms with Gasteiger partial charge in [-0.05, 0) is 31.2 Å². The molecule has 0 bridgehead atoms. The molecule has 1 N–H and O–H groups in total. The van der Waals surface area contributed by atoms with Crippen molar-refractivity contribution in [1.29, 1.82) is 5.26 Å². The minimum atomic E-state index is -0.179. The average Bonchev–Trinajstić information content (AvgIpc) is 3.03. The second-order valence-corrected chi connectivity index (χ2v) is 6.81. The van der Waals surface area contributed by atoms with Crippen LogP contribution < -0.4 is 5.32 Å². The highest BCUT2D eigenvalue weighted by Gasteiger charge is 2.10. The summed E-state index contributed by atoms with van der Waals surface area (Å²) < 4.78 is 0. The van der Waals surface area contributed by atoms with Crippen LogP contribution in [0.5, 0.6) is 0 Å².